The van der Waals surface area contributed by atoms with Crippen LogP contribution in [0.2, 0.25) is 0 Å². The summed E-state index contributed by atoms with van der Waals surface area (Å²) in [6.45, 7) is 2.64. The van der Waals surface area contributed by atoms with E-state index in [-0.39, 0.29) is 40.7 Å². The Labute approximate surface area is 263 Å². The first-order valence-corrected chi connectivity index (χ1v) is 14.3. The van der Waals surface area contributed by atoms with E-state index in [2.05, 4.69) is 20.6 Å². The van der Waals surface area contributed by atoms with E-state index in [1.165, 1.54) is 68.3 Å². The van der Waals surface area contributed by atoms with Gasteiger partial charge in [-0.2, -0.15) is 13.2 Å². The fourth-order valence-electron chi connectivity index (χ4n) is 5.46. The zero-order valence-corrected chi connectivity index (χ0v) is 25.2. The molecule has 0 spiro atoms. The standard InChI is InChI=1S/C32H28F4N6O5/c1-4-25(32(34,35)36)39-18-12-16(2)26(21(33)14-18)28(43)40-22(30(45)46)13-17-7-8-23(27-19(17)6-5-10-38-27)42-29(44)20-9-11-37-15-24(20)41(3)31(42)47/h5-12,14-15,22,25,39H,4,13H2,1-3H3,(H,40,43)(H,45,46)/t22-,25+/m0/s1. The molecule has 47 heavy (non-hydrogen) atoms. The summed E-state index contributed by atoms with van der Waals surface area (Å²) in [5.41, 5.74) is -0.920. The minimum atomic E-state index is -4.58. The molecular formula is C32H28F4N6O5. The number of carbonyl (C=O) groups is 2. The van der Waals surface area contributed by atoms with Gasteiger partial charge in [-0.05, 0) is 54.8 Å². The van der Waals surface area contributed by atoms with Crippen LogP contribution in [0.1, 0.15) is 34.8 Å². The van der Waals surface area contributed by atoms with Gasteiger partial charge in [0.2, 0.25) is 0 Å². The molecule has 15 heteroatoms. The average molecular weight is 653 g/mol. The number of fused-ring (bicyclic) bond motifs is 2. The normalized spacial score (nSPS) is 13.0. The molecule has 0 bridgehead atoms. The molecule has 0 radical (unpaired) electrons. The lowest BCUT2D eigenvalue weighted by Gasteiger charge is -2.22. The number of hydrogen-bond donors (Lipinski definition) is 3. The lowest BCUT2D eigenvalue weighted by Crippen LogP contribution is -2.43. The van der Waals surface area contributed by atoms with E-state index in [1.807, 2.05) is 0 Å². The molecule has 0 saturated carbocycles. The second-order valence-electron chi connectivity index (χ2n) is 10.9. The third-order valence-corrected chi connectivity index (χ3v) is 7.84. The molecule has 3 heterocycles. The summed E-state index contributed by atoms with van der Waals surface area (Å²) in [5, 5.41) is 15.1. The zero-order chi connectivity index (χ0) is 34.2. The van der Waals surface area contributed by atoms with Gasteiger partial charge in [0.1, 0.15) is 17.9 Å². The Balaban J connectivity index is 1.48. The van der Waals surface area contributed by atoms with E-state index < -0.39 is 52.8 Å². The highest BCUT2D eigenvalue weighted by atomic mass is 19.4. The van der Waals surface area contributed by atoms with E-state index in [0.29, 0.717) is 16.5 Å². The highest BCUT2D eigenvalue weighted by molar-refractivity contribution is 5.99. The van der Waals surface area contributed by atoms with Crippen molar-refractivity contribution in [1.29, 1.82) is 0 Å². The van der Waals surface area contributed by atoms with E-state index in [4.69, 9.17) is 0 Å². The van der Waals surface area contributed by atoms with Gasteiger partial charge in [0.25, 0.3) is 11.5 Å². The Morgan fingerprint density at radius 1 is 1.06 bits per heavy atom. The van der Waals surface area contributed by atoms with Crippen LogP contribution in [0.5, 0.6) is 0 Å². The van der Waals surface area contributed by atoms with Crippen LogP contribution in [0.15, 0.2) is 70.6 Å². The number of anilines is 1. The van der Waals surface area contributed by atoms with E-state index in [1.54, 1.807) is 12.1 Å². The summed E-state index contributed by atoms with van der Waals surface area (Å²) in [5.74, 6) is -3.66. The third kappa shape index (κ3) is 6.28. The molecule has 0 aliphatic rings. The molecule has 2 aromatic carbocycles. The van der Waals surface area contributed by atoms with Crippen LogP contribution in [-0.2, 0) is 18.3 Å². The Morgan fingerprint density at radius 3 is 2.47 bits per heavy atom. The number of nitrogens with one attached hydrogen (secondary N) is 2. The van der Waals surface area contributed by atoms with Crippen molar-refractivity contribution in [3.05, 3.63) is 104 Å². The number of rotatable bonds is 9. The van der Waals surface area contributed by atoms with E-state index in [9.17, 15) is 37.5 Å². The number of carboxylic acids is 1. The van der Waals surface area contributed by atoms with Gasteiger partial charge in [-0.25, -0.2) is 18.5 Å². The Hall–Kier alpha value is -5.60. The summed E-state index contributed by atoms with van der Waals surface area (Å²) in [4.78, 5) is 60.5. The minimum Gasteiger partial charge on any atom is -0.480 e. The number of alkyl halides is 3. The third-order valence-electron chi connectivity index (χ3n) is 7.84. The molecule has 3 aromatic heterocycles. The molecule has 5 aromatic rings. The van der Waals surface area contributed by atoms with Crippen molar-refractivity contribution in [2.24, 2.45) is 7.05 Å². The number of halogens is 4. The van der Waals surface area contributed by atoms with Crippen molar-refractivity contribution in [2.75, 3.05) is 5.32 Å². The van der Waals surface area contributed by atoms with Crippen molar-refractivity contribution in [3.63, 3.8) is 0 Å². The first-order valence-electron chi connectivity index (χ1n) is 14.3. The largest absolute Gasteiger partial charge is 0.480 e. The number of carboxylic acid groups (broad SMARTS) is 1. The maximum absolute atomic E-state index is 15.1. The van der Waals surface area contributed by atoms with Crippen molar-refractivity contribution in [1.82, 2.24) is 24.4 Å². The van der Waals surface area contributed by atoms with E-state index in [0.717, 1.165) is 10.6 Å². The van der Waals surface area contributed by atoms with Gasteiger partial charge >= 0.3 is 17.8 Å². The first kappa shape index (κ1) is 32.8. The van der Waals surface area contributed by atoms with Crippen LogP contribution in [-0.4, -0.2) is 54.3 Å². The number of carbonyl (C=O) groups excluding carboxylic acids is 1. The Morgan fingerprint density at radius 2 is 1.81 bits per heavy atom. The Bertz CT molecular complexity index is 2140. The SMILES string of the molecule is CC[C@@H](Nc1cc(C)c(C(=O)N[C@@H](Cc2ccc(-n3c(=O)c4ccncc4n(C)c3=O)c3ncccc23)C(=O)O)c(F)c1)C(F)(F)F. The van der Waals surface area contributed by atoms with Crippen molar-refractivity contribution < 1.29 is 32.3 Å². The number of aryl methyl sites for hydroxylation is 2. The molecule has 11 nitrogen and oxygen atoms in total. The molecule has 3 N–H and O–H groups in total. The highest BCUT2D eigenvalue weighted by Gasteiger charge is 2.38. The monoisotopic (exact) mass is 652 g/mol. The van der Waals surface area contributed by atoms with Gasteiger partial charge in [-0.3, -0.25) is 24.1 Å². The van der Waals surface area contributed by atoms with Gasteiger partial charge in [0.15, 0.2) is 0 Å². The van der Waals surface area contributed by atoms with Gasteiger partial charge in [0.05, 0.1) is 33.9 Å². The molecule has 244 valence electrons. The quantitative estimate of drug-likeness (QED) is 0.200. The predicted molar refractivity (Wildman–Crippen MR) is 165 cm³/mol. The lowest BCUT2D eigenvalue weighted by atomic mass is 9.99. The second kappa shape index (κ2) is 12.7. The number of pyridine rings is 2. The fourth-order valence-corrected chi connectivity index (χ4v) is 5.46. The lowest BCUT2D eigenvalue weighted by molar-refractivity contribution is -0.143. The summed E-state index contributed by atoms with van der Waals surface area (Å²) in [6.07, 6.45) is -0.938. The van der Waals surface area contributed by atoms with Crippen LogP contribution in [0.3, 0.4) is 0 Å². The number of aromatic nitrogens is 4. The van der Waals surface area contributed by atoms with E-state index >= 15 is 4.39 Å². The van der Waals surface area contributed by atoms with Crippen LogP contribution >= 0.6 is 0 Å². The fraction of sp³-hybridized carbons (Fsp3) is 0.250. The molecular weight excluding hydrogens is 624 g/mol. The molecule has 0 aliphatic carbocycles. The maximum atomic E-state index is 15.1. The van der Waals surface area contributed by atoms with Crippen molar-refractivity contribution in [3.8, 4) is 5.69 Å². The summed E-state index contributed by atoms with van der Waals surface area (Å²) < 4.78 is 57.0. The van der Waals surface area contributed by atoms with Gasteiger partial charge in [0, 0.05) is 36.9 Å². The van der Waals surface area contributed by atoms with Crippen LogP contribution < -0.4 is 21.9 Å². The zero-order valence-electron chi connectivity index (χ0n) is 25.2. The molecule has 0 unspecified atom stereocenters. The second-order valence-corrected chi connectivity index (χ2v) is 10.9. The van der Waals surface area contributed by atoms with Crippen LogP contribution in [0.25, 0.3) is 27.5 Å². The van der Waals surface area contributed by atoms with Crippen molar-refractivity contribution >= 4 is 39.4 Å². The number of nitrogens with zero attached hydrogens (tertiary/aromatic N) is 4. The molecule has 5 rings (SSSR count). The highest BCUT2D eigenvalue weighted by Crippen LogP contribution is 2.28. The average Bonchev–Trinajstić information content (AvgIpc) is 3.02. The van der Waals surface area contributed by atoms with Crippen molar-refractivity contribution in [2.45, 2.75) is 44.9 Å². The molecule has 1 amide bonds. The Kier molecular flexibility index (Phi) is 8.83. The predicted octanol–water partition coefficient (Wildman–Crippen LogP) is 4.26. The number of aliphatic carboxylic acids is 1. The smallest absolute Gasteiger partial charge is 0.408 e. The first-order chi connectivity index (χ1) is 22.2. The maximum Gasteiger partial charge on any atom is 0.408 e. The summed E-state index contributed by atoms with van der Waals surface area (Å²) in [6, 6.07) is 6.03. The topological polar surface area (TPSA) is 148 Å². The van der Waals surface area contributed by atoms with Crippen LogP contribution in [0, 0.1) is 12.7 Å². The van der Waals surface area contributed by atoms with Crippen LogP contribution in [0.4, 0.5) is 23.2 Å². The van der Waals surface area contributed by atoms with Gasteiger partial charge in [-0.1, -0.05) is 19.1 Å². The summed E-state index contributed by atoms with van der Waals surface area (Å²) >= 11 is 0. The van der Waals surface area contributed by atoms with Gasteiger partial charge in [-0.15, -0.1) is 0 Å². The minimum absolute atomic E-state index is 0.0108. The van der Waals surface area contributed by atoms with Gasteiger partial charge < -0.3 is 15.7 Å². The molecule has 0 saturated heterocycles. The number of benzene rings is 2. The number of amides is 1. The molecule has 0 aliphatic heterocycles. The summed E-state index contributed by atoms with van der Waals surface area (Å²) in [7, 11) is 1.49. The molecule has 0 fully saturated rings. The number of hydrogen-bond acceptors (Lipinski definition) is 7. The molecule has 2 atom stereocenters.